The summed E-state index contributed by atoms with van der Waals surface area (Å²) in [5.74, 6) is 1.28. The lowest BCUT2D eigenvalue weighted by Crippen LogP contribution is -2.50. The van der Waals surface area contributed by atoms with Crippen LogP contribution in [0.2, 0.25) is 0 Å². The van der Waals surface area contributed by atoms with Gasteiger partial charge >= 0.3 is 6.03 Å². The molecule has 2 N–H and O–H groups in total. The third-order valence-electron chi connectivity index (χ3n) is 5.08. The van der Waals surface area contributed by atoms with Gasteiger partial charge in [0.05, 0.1) is 14.2 Å². The monoisotopic (exact) mass is 380 g/mol. The van der Waals surface area contributed by atoms with Gasteiger partial charge in [0.25, 0.3) is 0 Å². The summed E-state index contributed by atoms with van der Waals surface area (Å²) in [4.78, 5) is 20.1. The molecular formula is C21H24N4O3. The zero-order chi connectivity index (χ0) is 19.5. The van der Waals surface area contributed by atoms with E-state index in [4.69, 9.17) is 9.47 Å². The Hall–Kier alpha value is -3.35. The number of methoxy groups -OCH3 is 2. The van der Waals surface area contributed by atoms with E-state index in [0.29, 0.717) is 30.3 Å². The van der Waals surface area contributed by atoms with Gasteiger partial charge < -0.3 is 29.6 Å². The van der Waals surface area contributed by atoms with Crippen LogP contribution in [0.25, 0.3) is 10.9 Å². The van der Waals surface area contributed by atoms with Crippen molar-refractivity contribution in [3.8, 4) is 11.5 Å². The summed E-state index contributed by atoms with van der Waals surface area (Å²) in [5, 5.41) is 4.16. The summed E-state index contributed by atoms with van der Waals surface area (Å²) in [6, 6.07) is 13.6. The highest BCUT2D eigenvalue weighted by atomic mass is 16.5. The van der Waals surface area contributed by atoms with E-state index < -0.39 is 0 Å². The number of carbonyl (C=O) groups excluding carboxylic acids is 1. The molecule has 4 rings (SSSR count). The molecule has 0 atom stereocenters. The van der Waals surface area contributed by atoms with E-state index in [9.17, 15) is 4.79 Å². The van der Waals surface area contributed by atoms with E-state index in [-0.39, 0.29) is 6.03 Å². The van der Waals surface area contributed by atoms with Crippen LogP contribution in [0.3, 0.4) is 0 Å². The lowest BCUT2D eigenvalue weighted by atomic mass is 10.2. The zero-order valence-corrected chi connectivity index (χ0v) is 16.1. The number of amides is 2. The summed E-state index contributed by atoms with van der Waals surface area (Å²) in [7, 11) is 3.18. The highest BCUT2D eigenvalue weighted by Gasteiger charge is 2.22. The Labute approximate surface area is 163 Å². The van der Waals surface area contributed by atoms with Crippen molar-refractivity contribution >= 4 is 28.3 Å². The van der Waals surface area contributed by atoms with Gasteiger partial charge in [-0.15, -0.1) is 0 Å². The van der Waals surface area contributed by atoms with Crippen molar-refractivity contribution in [2.24, 2.45) is 0 Å². The topological polar surface area (TPSA) is 69.8 Å². The van der Waals surface area contributed by atoms with Gasteiger partial charge in [0.15, 0.2) is 0 Å². The Bertz CT molecular complexity index is 954. The smallest absolute Gasteiger partial charge is 0.321 e. The highest BCUT2D eigenvalue weighted by Crippen LogP contribution is 2.28. The minimum Gasteiger partial charge on any atom is -0.497 e. The molecule has 2 heterocycles. The number of nitrogens with zero attached hydrogens (tertiary/aromatic N) is 2. The van der Waals surface area contributed by atoms with E-state index >= 15 is 0 Å². The molecule has 146 valence electrons. The average Bonchev–Trinajstić information content (AvgIpc) is 3.22. The second-order valence-corrected chi connectivity index (χ2v) is 6.72. The molecule has 3 aromatic rings. The van der Waals surface area contributed by atoms with Crippen molar-refractivity contribution < 1.29 is 14.3 Å². The third-order valence-corrected chi connectivity index (χ3v) is 5.08. The van der Waals surface area contributed by atoms with Gasteiger partial charge in [0.1, 0.15) is 11.5 Å². The lowest BCUT2D eigenvalue weighted by molar-refractivity contribution is 0.208. The number of ether oxygens (including phenoxy) is 2. The number of urea groups is 1. The summed E-state index contributed by atoms with van der Waals surface area (Å²) in [5.41, 5.74) is 2.99. The lowest BCUT2D eigenvalue weighted by Gasteiger charge is -2.36. The minimum atomic E-state index is -0.116. The molecule has 1 aliphatic rings. The van der Waals surface area contributed by atoms with Crippen LogP contribution in [0.15, 0.2) is 48.7 Å². The normalized spacial score (nSPS) is 14.2. The predicted molar refractivity (Wildman–Crippen MR) is 111 cm³/mol. The molecule has 0 bridgehead atoms. The van der Waals surface area contributed by atoms with E-state index in [1.807, 2.05) is 11.1 Å². The summed E-state index contributed by atoms with van der Waals surface area (Å²) < 4.78 is 10.5. The quantitative estimate of drug-likeness (QED) is 0.726. The van der Waals surface area contributed by atoms with Crippen LogP contribution in [0, 0.1) is 0 Å². The second-order valence-electron chi connectivity index (χ2n) is 6.72. The van der Waals surface area contributed by atoms with Crippen molar-refractivity contribution in [3.05, 3.63) is 48.7 Å². The maximum absolute atomic E-state index is 12.7. The molecule has 2 aromatic carbocycles. The molecule has 28 heavy (non-hydrogen) atoms. The van der Waals surface area contributed by atoms with Crippen LogP contribution in [0.1, 0.15) is 0 Å². The van der Waals surface area contributed by atoms with Crippen LogP contribution < -0.4 is 19.7 Å². The van der Waals surface area contributed by atoms with Crippen molar-refractivity contribution in [1.29, 1.82) is 0 Å². The number of hydrogen-bond donors (Lipinski definition) is 2. The maximum Gasteiger partial charge on any atom is 0.321 e. The summed E-state index contributed by atoms with van der Waals surface area (Å²) in [6.45, 7) is 2.90. The highest BCUT2D eigenvalue weighted by molar-refractivity contribution is 5.93. The van der Waals surface area contributed by atoms with Crippen LogP contribution >= 0.6 is 0 Å². The standard InChI is InChI=1S/C21H24N4O3/c1-27-16-12-15(13-17(14-16)28-2)23-21(26)25-10-8-24(9-11-25)20-5-3-4-19-18(20)6-7-22-19/h3-7,12-14,22H,8-11H2,1-2H3,(H,23,26). The number of nitrogens with one attached hydrogen (secondary N) is 2. The largest absolute Gasteiger partial charge is 0.497 e. The van der Waals surface area contributed by atoms with E-state index in [0.717, 1.165) is 18.6 Å². The first-order valence-electron chi connectivity index (χ1n) is 9.28. The van der Waals surface area contributed by atoms with Crippen molar-refractivity contribution in [1.82, 2.24) is 9.88 Å². The molecule has 0 aliphatic carbocycles. The number of carbonyl (C=O) groups is 1. The third kappa shape index (κ3) is 3.55. The fraction of sp³-hybridized carbons (Fsp3) is 0.286. The fourth-order valence-electron chi connectivity index (χ4n) is 3.58. The number of piperazine rings is 1. The van der Waals surface area contributed by atoms with Gasteiger partial charge in [-0.05, 0) is 18.2 Å². The number of aromatic nitrogens is 1. The molecule has 1 aliphatic heterocycles. The molecule has 2 amide bonds. The maximum atomic E-state index is 12.7. The molecule has 1 fully saturated rings. The second kappa shape index (κ2) is 7.72. The van der Waals surface area contributed by atoms with Gasteiger partial charge in [-0.2, -0.15) is 0 Å². The van der Waals surface area contributed by atoms with E-state index in [2.05, 4.69) is 39.5 Å². The Morgan fingerprint density at radius 3 is 2.39 bits per heavy atom. The molecule has 1 aromatic heterocycles. The van der Waals surface area contributed by atoms with Gasteiger partial charge in [-0.3, -0.25) is 0 Å². The van der Waals surface area contributed by atoms with Crippen LogP contribution in [-0.2, 0) is 0 Å². The van der Waals surface area contributed by atoms with Crippen LogP contribution in [0.4, 0.5) is 16.2 Å². The number of aromatic amines is 1. The summed E-state index contributed by atoms with van der Waals surface area (Å²) >= 11 is 0. The van der Waals surface area contributed by atoms with Crippen molar-refractivity contribution in [2.75, 3.05) is 50.6 Å². The molecule has 0 saturated carbocycles. The first kappa shape index (κ1) is 18.0. The Balaban J connectivity index is 1.41. The van der Waals surface area contributed by atoms with Gasteiger partial charge in [-0.25, -0.2) is 4.79 Å². The number of hydrogen-bond acceptors (Lipinski definition) is 4. The number of benzene rings is 2. The molecular weight excluding hydrogens is 356 g/mol. The Morgan fingerprint density at radius 2 is 1.71 bits per heavy atom. The molecule has 7 heteroatoms. The van der Waals surface area contributed by atoms with Crippen molar-refractivity contribution in [2.45, 2.75) is 0 Å². The molecule has 0 radical (unpaired) electrons. The first-order valence-corrected chi connectivity index (χ1v) is 9.28. The summed E-state index contributed by atoms with van der Waals surface area (Å²) in [6.07, 6.45) is 1.96. The molecule has 7 nitrogen and oxygen atoms in total. The SMILES string of the molecule is COc1cc(NC(=O)N2CCN(c3cccc4[nH]ccc34)CC2)cc(OC)c1. The molecule has 1 saturated heterocycles. The fourth-order valence-corrected chi connectivity index (χ4v) is 3.58. The average molecular weight is 380 g/mol. The number of fused-ring (bicyclic) bond motifs is 1. The Kier molecular flexibility index (Phi) is 4.97. The van der Waals surface area contributed by atoms with E-state index in [1.54, 1.807) is 32.4 Å². The molecule has 0 spiro atoms. The number of anilines is 2. The van der Waals surface area contributed by atoms with Crippen molar-refractivity contribution in [3.63, 3.8) is 0 Å². The van der Waals surface area contributed by atoms with Crippen LogP contribution in [0.5, 0.6) is 11.5 Å². The molecule has 0 unspecified atom stereocenters. The van der Waals surface area contributed by atoms with Crippen LogP contribution in [-0.4, -0.2) is 56.3 Å². The predicted octanol–water partition coefficient (Wildman–Crippen LogP) is 3.54. The van der Waals surface area contributed by atoms with Gasteiger partial charge in [0.2, 0.25) is 0 Å². The van der Waals surface area contributed by atoms with Gasteiger partial charge in [0, 0.05) is 72.9 Å². The van der Waals surface area contributed by atoms with E-state index in [1.165, 1.54) is 11.1 Å². The Morgan fingerprint density at radius 1 is 1.00 bits per heavy atom. The number of H-pyrrole nitrogens is 1. The van der Waals surface area contributed by atoms with Gasteiger partial charge in [-0.1, -0.05) is 6.07 Å². The zero-order valence-electron chi connectivity index (χ0n) is 16.1. The minimum absolute atomic E-state index is 0.116. The number of rotatable bonds is 4. The first-order chi connectivity index (χ1) is 13.7.